The predicted molar refractivity (Wildman–Crippen MR) is 69.7 cm³/mol. The van der Waals surface area contributed by atoms with Gasteiger partial charge in [0.15, 0.2) is 0 Å². The maximum atomic E-state index is 11.0. The van der Waals surface area contributed by atoms with E-state index in [1.54, 1.807) is 12.1 Å². The molecule has 0 aromatic heterocycles. The quantitative estimate of drug-likeness (QED) is 0.603. The summed E-state index contributed by atoms with van der Waals surface area (Å²) in [6, 6.07) is 6.50. The van der Waals surface area contributed by atoms with Crippen LogP contribution in [0.25, 0.3) is 0 Å². The number of hydrogen-bond acceptors (Lipinski definition) is 5. The van der Waals surface area contributed by atoms with Crippen molar-refractivity contribution in [2.75, 3.05) is 18.5 Å². The topological polar surface area (TPSA) is 99.2 Å². The number of anilines is 1. The van der Waals surface area contributed by atoms with Crippen molar-refractivity contribution < 1.29 is 10.0 Å². The summed E-state index contributed by atoms with van der Waals surface area (Å²) in [7, 11) is 0. The molecule has 0 heterocycles. The van der Waals surface area contributed by atoms with Crippen LogP contribution in [-0.2, 0) is 0 Å². The molecule has 0 radical (unpaired) electrons. The van der Waals surface area contributed by atoms with E-state index in [0.29, 0.717) is 18.7 Å². The van der Waals surface area contributed by atoms with Crippen molar-refractivity contribution in [1.29, 1.82) is 5.26 Å². The van der Waals surface area contributed by atoms with E-state index in [4.69, 9.17) is 10.4 Å². The van der Waals surface area contributed by atoms with Crippen molar-refractivity contribution in [3.63, 3.8) is 0 Å². The van der Waals surface area contributed by atoms with Gasteiger partial charge in [0.1, 0.15) is 17.3 Å². The Morgan fingerprint density at radius 3 is 2.79 bits per heavy atom. The summed E-state index contributed by atoms with van der Waals surface area (Å²) in [5.41, 5.74) is 0.311. The molecular weight excluding hydrogens is 246 g/mol. The molecule has 1 aliphatic carbocycles. The lowest BCUT2D eigenvalue weighted by Gasteiger charge is -2.15. The smallest absolute Gasteiger partial charge is 0.309 e. The molecule has 0 unspecified atom stereocenters. The van der Waals surface area contributed by atoms with Crippen molar-refractivity contribution in [1.82, 2.24) is 0 Å². The standard InChI is InChI=1S/C13H15N3O3/c14-8-10-2-1-3-11(12(10)16(18)19)15-9-13(4-5-13)6-7-17/h1-3,15,17H,4-7,9H2. The molecule has 1 fully saturated rings. The molecule has 6 nitrogen and oxygen atoms in total. The van der Waals surface area contributed by atoms with Crippen molar-refractivity contribution >= 4 is 11.4 Å². The Hall–Kier alpha value is -2.13. The number of para-hydroxylation sites is 1. The molecule has 0 atom stereocenters. The number of aliphatic hydroxyl groups is 1. The van der Waals surface area contributed by atoms with Crippen molar-refractivity contribution in [3.8, 4) is 6.07 Å². The number of hydrogen-bond donors (Lipinski definition) is 2. The summed E-state index contributed by atoms with van der Waals surface area (Å²) in [5.74, 6) is 0. The highest BCUT2D eigenvalue weighted by atomic mass is 16.6. The summed E-state index contributed by atoms with van der Waals surface area (Å²) in [5, 5.41) is 32.0. The van der Waals surface area contributed by atoms with Crippen molar-refractivity contribution in [2.45, 2.75) is 19.3 Å². The Morgan fingerprint density at radius 1 is 1.53 bits per heavy atom. The molecule has 1 aliphatic rings. The highest BCUT2D eigenvalue weighted by Crippen LogP contribution is 2.48. The van der Waals surface area contributed by atoms with Crippen LogP contribution in [-0.4, -0.2) is 23.2 Å². The molecule has 0 bridgehead atoms. The number of nitro groups is 1. The zero-order chi connectivity index (χ0) is 13.9. The van der Waals surface area contributed by atoms with Gasteiger partial charge in [0, 0.05) is 13.2 Å². The van der Waals surface area contributed by atoms with Gasteiger partial charge < -0.3 is 10.4 Å². The van der Waals surface area contributed by atoms with Crippen molar-refractivity contribution in [3.05, 3.63) is 33.9 Å². The first-order valence-corrected chi connectivity index (χ1v) is 6.14. The van der Waals surface area contributed by atoms with E-state index in [1.807, 2.05) is 6.07 Å². The van der Waals surface area contributed by atoms with Crippen LogP contribution in [0.4, 0.5) is 11.4 Å². The number of rotatable bonds is 6. The Bertz CT molecular complexity index is 532. The third-order valence-electron chi connectivity index (χ3n) is 3.59. The van der Waals surface area contributed by atoms with Gasteiger partial charge in [-0.15, -0.1) is 0 Å². The monoisotopic (exact) mass is 261 g/mol. The largest absolute Gasteiger partial charge is 0.396 e. The van der Waals surface area contributed by atoms with Crippen LogP contribution in [0, 0.1) is 26.9 Å². The molecular formula is C13H15N3O3. The Morgan fingerprint density at radius 2 is 2.26 bits per heavy atom. The van der Waals surface area contributed by atoms with Gasteiger partial charge in [0.25, 0.3) is 0 Å². The first kappa shape index (κ1) is 13.3. The van der Waals surface area contributed by atoms with E-state index < -0.39 is 4.92 Å². The van der Waals surface area contributed by atoms with Gasteiger partial charge in [-0.05, 0) is 36.8 Å². The summed E-state index contributed by atoms with van der Waals surface area (Å²) < 4.78 is 0. The molecule has 0 spiro atoms. The molecule has 0 saturated heterocycles. The second-order valence-electron chi connectivity index (χ2n) is 4.90. The minimum absolute atomic E-state index is 0.0574. The lowest BCUT2D eigenvalue weighted by atomic mass is 10.0. The minimum atomic E-state index is -0.535. The van der Waals surface area contributed by atoms with Crippen LogP contribution in [0.3, 0.4) is 0 Å². The summed E-state index contributed by atoms with van der Waals surface area (Å²) >= 11 is 0. The van der Waals surface area contributed by atoms with Gasteiger partial charge in [-0.2, -0.15) is 5.26 Å². The molecule has 2 rings (SSSR count). The number of nitrogens with zero attached hydrogens (tertiary/aromatic N) is 2. The molecule has 19 heavy (non-hydrogen) atoms. The molecule has 100 valence electrons. The fraction of sp³-hybridized carbons (Fsp3) is 0.462. The number of nitrogens with one attached hydrogen (secondary N) is 1. The number of nitriles is 1. The van der Waals surface area contributed by atoms with E-state index in [9.17, 15) is 10.1 Å². The fourth-order valence-electron chi connectivity index (χ4n) is 2.18. The summed E-state index contributed by atoms with van der Waals surface area (Å²) in [6.07, 6.45) is 2.74. The van der Waals surface area contributed by atoms with E-state index in [1.165, 1.54) is 6.07 Å². The zero-order valence-corrected chi connectivity index (χ0v) is 10.4. The molecule has 0 aliphatic heterocycles. The number of nitro benzene ring substituents is 1. The van der Waals surface area contributed by atoms with E-state index in [2.05, 4.69) is 5.32 Å². The molecule has 6 heteroatoms. The maximum absolute atomic E-state index is 11.0. The van der Waals surface area contributed by atoms with Crippen molar-refractivity contribution in [2.24, 2.45) is 5.41 Å². The van der Waals surface area contributed by atoms with Crippen LogP contribution in [0.5, 0.6) is 0 Å². The normalized spacial score (nSPS) is 15.6. The van der Waals surface area contributed by atoms with Gasteiger partial charge in [-0.1, -0.05) is 6.07 Å². The highest BCUT2D eigenvalue weighted by molar-refractivity contribution is 5.68. The van der Waals surface area contributed by atoms with E-state index in [-0.39, 0.29) is 23.3 Å². The van der Waals surface area contributed by atoms with Gasteiger partial charge in [0.05, 0.1) is 4.92 Å². The minimum Gasteiger partial charge on any atom is -0.396 e. The van der Waals surface area contributed by atoms with Gasteiger partial charge in [0.2, 0.25) is 0 Å². The average molecular weight is 261 g/mol. The molecule has 0 amide bonds. The zero-order valence-electron chi connectivity index (χ0n) is 10.4. The van der Waals surface area contributed by atoms with Crippen LogP contribution in [0.15, 0.2) is 18.2 Å². The van der Waals surface area contributed by atoms with E-state index in [0.717, 1.165) is 12.8 Å². The first-order valence-electron chi connectivity index (χ1n) is 6.14. The van der Waals surface area contributed by atoms with Crippen LogP contribution in [0.1, 0.15) is 24.8 Å². The Labute approximate surface area is 110 Å². The van der Waals surface area contributed by atoms with Crippen LogP contribution < -0.4 is 5.32 Å². The Balaban J connectivity index is 2.17. The van der Waals surface area contributed by atoms with Gasteiger partial charge in [-0.25, -0.2) is 0 Å². The number of aliphatic hydroxyl groups excluding tert-OH is 1. The molecule has 1 saturated carbocycles. The maximum Gasteiger partial charge on any atom is 0.309 e. The van der Waals surface area contributed by atoms with Crippen LogP contribution in [0.2, 0.25) is 0 Å². The lowest BCUT2D eigenvalue weighted by molar-refractivity contribution is -0.384. The number of benzene rings is 1. The summed E-state index contributed by atoms with van der Waals surface area (Å²) in [6.45, 7) is 0.714. The first-order chi connectivity index (χ1) is 9.12. The SMILES string of the molecule is N#Cc1cccc(NCC2(CCO)CC2)c1[N+](=O)[O-]. The molecule has 1 aromatic rings. The second-order valence-corrected chi connectivity index (χ2v) is 4.90. The van der Waals surface area contributed by atoms with Crippen LogP contribution >= 0.6 is 0 Å². The lowest BCUT2D eigenvalue weighted by Crippen LogP contribution is -2.17. The average Bonchev–Trinajstić information content (AvgIpc) is 3.16. The predicted octanol–water partition coefficient (Wildman–Crippen LogP) is 2.04. The third kappa shape index (κ3) is 2.83. The fourth-order valence-corrected chi connectivity index (χ4v) is 2.18. The second kappa shape index (κ2) is 5.24. The summed E-state index contributed by atoms with van der Waals surface area (Å²) in [4.78, 5) is 10.5. The van der Waals surface area contributed by atoms with Gasteiger partial charge >= 0.3 is 5.69 Å². The van der Waals surface area contributed by atoms with Gasteiger partial charge in [-0.3, -0.25) is 10.1 Å². The third-order valence-corrected chi connectivity index (χ3v) is 3.59. The Kier molecular flexibility index (Phi) is 3.67. The highest BCUT2D eigenvalue weighted by Gasteiger charge is 2.41. The molecule has 2 N–H and O–H groups in total. The van der Waals surface area contributed by atoms with E-state index >= 15 is 0 Å². The molecule has 1 aromatic carbocycles.